The number of nitrogen functional groups attached to an aromatic ring is 1. The molecule has 1 amide bonds. The molecule has 3 aromatic carbocycles. The Balaban J connectivity index is 1.63. The van der Waals surface area contributed by atoms with Crippen molar-refractivity contribution in [3.05, 3.63) is 65.2 Å². The number of rotatable bonds is 10. The van der Waals surface area contributed by atoms with E-state index in [1.165, 1.54) is 11.1 Å². The minimum absolute atomic E-state index is 0.000382. The highest BCUT2D eigenvalue weighted by atomic mass is 16.5. The normalized spacial score (nSPS) is 12.1. The predicted molar refractivity (Wildman–Crippen MR) is 146 cm³/mol. The lowest BCUT2D eigenvalue weighted by atomic mass is 9.76. The van der Waals surface area contributed by atoms with Gasteiger partial charge < -0.3 is 20.9 Å². The molecule has 0 fully saturated rings. The van der Waals surface area contributed by atoms with Crippen LogP contribution in [0.1, 0.15) is 82.3 Å². The van der Waals surface area contributed by atoms with Gasteiger partial charge in [0.1, 0.15) is 11.5 Å². The zero-order chi connectivity index (χ0) is 25.8. The van der Waals surface area contributed by atoms with Gasteiger partial charge in [0.15, 0.2) is 0 Å². The topological polar surface area (TPSA) is 84.6 Å². The Hall–Kier alpha value is -3.21. The Morgan fingerprint density at radius 2 is 1.69 bits per heavy atom. The van der Waals surface area contributed by atoms with Gasteiger partial charge >= 0.3 is 0 Å². The second-order valence-corrected chi connectivity index (χ2v) is 10.5. The fraction of sp³-hybridized carbons (Fsp3) is 0.433. The minimum atomic E-state index is -0.314. The summed E-state index contributed by atoms with van der Waals surface area (Å²) in [6.45, 7) is 14.4. The van der Waals surface area contributed by atoms with Crippen LogP contribution in [0.25, 0.3) is 10.8 Å². The highest BCUT2D eigenvalue weighted by Gasteiger charge is 2.26. The van der Waals surface area contributed by atoms with E-state index in [1.807, 2.05) is 0 Å². The largest absolute Gasteiger partial charge is 0.506 e. The van der Waals surface area contributed by atoms with E-state index in [-0.39, 0.29) is 28.1 Å². The van der Waals surface area contributed by atoms with Crippen molar-refractivity contribution in [2.45, 2.75) is 71.6 Å². The molecule has 4 N–H and O–H groups in total. The number of anilines is 1. The highest BCUT2D eigenvalue weighted by Crippen LogP contribution is 2.38. The number of fused-ring (bicyclic) bond motifs is 1. The second-order valence-electron chi connectivity index (χ2n) is 10.5. The molecule has 0 aliphatic rings. The molecule has 0 bridgehead atoms. The zero-order valence-electron chi connectivity index (χ0n) is 22.0. The Labute approximate surface area is 209 Å². The van der Waals surface area contributed by atoms with Crippen LogP contribution in [0.2, 0.25) is 0 Å². The molecular weight excluding hydrogens is 436 g/mol. The monoisotopic (exact) mass is 476 g/mol. The molecule has 0 aliphatic carbocycles. The van der Waals surface area contributed by atoms with Crippen LogP contribution >= 0.6 is 0 Å². The third kappa shape index (κ3) is 5.72. The van der Waals surface area contributed by atoms with Crippen molar-refractivity contribution in [3.8, 4) is 11.5 Å². The summed E-state index contributed by atoms with van der Waals surface area (Å²) in [5, 5.41) is 14.8. The molecule has 3 rings (SSSR count). The molecule has 5 heteroatoms. The number of phenolic OH excluding ortho intramolecular Hbond substituents is 1. The fourth-order valence-corrected chi connectivity index (χ4v) is 4.10. The maximum atomic E-state index is 12.7. The van der Waals surface area contributed by atoms with E-state index in [0.29, 0.717) is 30.6 Å². The van der Waals surface area contributed by atoms with Crippen LogP contribution in [0.15, 0.2) is 48.5 Å². The van der Waals surface area contributed by atoms with E-state index in [1.54, 1.807) is 30.3 Å². The van der Waals surface area contributed by atoms with E-state index in [4.69, 9.17) is 10.5 Å². The molecule has 188 valence electrons. The zero-order valence-corrected chi connectivity index (χ0v) is 22.0. The van der Waals surface area contributed by atoms with Crippen LogP contribution in [0.5, 0.6) is 11.5 Å². The highest BCUT2D eigenvalue weighted by molar-refractivity contribution is 6.06. The quantitative estimate of drug-likeness (QED) is 0.224. The smallest absolute Gasteiger partial charge is 0.255 e. The summed E-state index contributed by atoms with van der Waals surface area (Å²) < 4.78 is 6.19. The standard InChI is InChI=1S/C30H40N2O3/c1-7-29(3,4)20-13-16-26(24(19-20)30(5,6)8-2)35-18-10-17-32-28(34)23-15-14-21-22(27(23)33)11-9-12-25(21)31/h9,11-16,19,33H,7-8,10,17-18,31H2,1-6H3,(H,32,34). The third-order valence-corrected chi connectivity index (χ3v) is 7.43. The van der Waals surface area contributed by atoms with E-state index in [2.05, 4.69) is 65.1 Å². The van der Waals surface area contributed by atoms with Gasteiger partial charge in [-0.25, -0.2) is 0 Å². The van der Waals surface area contributed by atoms with Crippen molar-refractivity contribution < 1.29 is 14.6 Å². The van der Waals surface area contributed by atoms with Gasteiger partial charge in [0.2, 0.25) is 0 Å². The van der Waals surface area contributed by atoms with Gasteiger partial charge in [0, 0.05) is 28.6 Å². The van der Waals surface area contributed by atoms with Crippen molar-refractivity contribution in [3.63, 3.8) is 0 Å². The molecule has 0 atom stereocenters. The van der Waals surface area contributed by atoms with Crippen LogP contribution < -0.4 is 15.8 Å². The molecule has 0 unspecified atom stereocenters. The van der Waals surface area contributed by atoms with Crippen LogP contribution in [-0.2, 0) is 10.8 Å². The van der Waals surface area contributed by atoms with Crippen LogP contribution in [0.3, 0.4) is 0 Å². The molecule has 5 nitrogen and oxygen atoms in total. The number of ether oxygens (including phenoxy) is 1. The average Bonchev–Trinajstić information content (AvgIpc) is 2.84. The lowest BCUT2D eigenvalue weighted by Crippen LogP contribution is -2.26. The maximum absolute atomic E-state index is 12.7. The SMILES string of the molecule is CCC(C)(C)c1ccc(OCCCNC(=O)c2ccc3c(N)cccc3c2O)c(C(C)(C)CC)c1. The van der Waals surface area contributed by atoms with E-state index >= 15 is 0 Å². The van der Waals surface area contributed by atoms with Gasteiger partial charge in [-0.05, 0) is 53.9 Å². The lowest BCUT2D eigenvalue weighted by Gasteiger charge is -2.30. The first-order chi connectivity index (χ1) is 16.5. The van der Waals surface area contributed by atoms with Gasteiger partial charge in [-0.15, -0.1) is 0 Å². The summed E-state index contributed by atoms with van der Waals surface area (Å²) in [6, 6.07) is 15.2. The van der Waals surface area contributed by atoms with Gasteiger partial charge in [-0.1, -0.05) is 71.9 Å². The van der Waals surface area contributed by atoms with Crippen LogP contribution in [0.4, 0.5) is 5.69 Å². The molecule has 0 aliphatic heterocycles. The first-order valence-corrected chi connectivity index (χ1v) is 12.6. The lowest BCUT2D eigenvalue weighted by molar-refractivity contribution is 0.0949. The predicted octanol–water partition coefficient (Wildman–Crippen LogP) is 6.70. The third-order valence-electron chi connectivity index (χ3n) is 7.43. The van der Waals surface area contributed by atoms with Gasteiger partial charge in [0.05, 0.1) is 12.2 Å². The van der Waals surface area contributed by atoms with E-state index in [9.17, 15) is 9.90 Å². The number of carbonyl (C=O) groups is 1. The van der Waals surface area contributed by atoms with Crippen molar-refractivity contribution in [1.82, 2.24) is 5.32 Å². The van der Waals surface area contributed by atoms with Gasteiger partial charge in [-0.2, -0.15) is 0 Å². The first kappa shape index (κ1) is 26.4. The Morgan fingerprint density at radius 1 is 0.971 bits per heavy atom. The molecular formula is C30H40N2O3. The summed E-state index contributed by atoms with van der Waals surface area (Å²) >= 11 is 0. The second kappa shape index (κ2) is 10.6. The number of phenols is 1. The van der Waals surface area contributed by atoms with Crippen molar-refractivity contribution in [2.24, 2.45) is 0 Å². The first-order valence-electron chi connectivity index (χ1n) is 12.6. The van der Waals surface area contributed by atoms with Crippen molar-refractivity contribution in [1.29, 1.82) is 0 Å². The minimum Gasteiger partial charge on any atom is -0.506 e. The number of nitrogens with two attached hydrogens (primary N) is 1. The molecule has 0 heterocycles. The number of hydrogen-bond acceptors (Lipinski definition) is 4. The number of benzene rings is 3. The maximum Gasteiger partial charge on any atom is 0.255 e. The Morgan fingerprint density at radius 3 is 2.37 bits per heavy atom. The van der Waals surface area contributed by atoms with Crippen LogP contribution in [-0.4, -0.2) is 24.2 Å². The Bertz CT molecular complexity index is 1200. The number of aromatic hydroxyl groups is 1. The summed E-state index contributed by atoms with van der Waals surface area (Å²) in [5.41, 5.74) is 9.44. The summed E-state index contributed by atoms with van der Waals surface area (Å²) in [7, 11) is 0. The van der Waals surface area contributed by atoms with Crippen molar-refractivity contribution >= 4 is 22.4 Å². The number of hydrogen-bond donors (Lipinski definition) is 3. The van der Waals surface area contributed by atoms with Gasteiger partial charge in [0.25, 0.3) is 5.91 Å². The molecule has 0 spiro atoms. The molecule has 3 aromatic rings. The summed E-state index contributed by atoms with van der Waals surface area (Å²) in [6.07, 6.45) is 2.73. The molecule has 0 aromatic heterocycles. The summed E-state index contributed by atoms with van der Waals surface area (Å²) in [5.74, 6) is 0.541. The van der Waals surface area contributed by atoms with Crippen molar-refractivity contribution in [2.75, 3.05) is 18.9 Å². The molecule has 0 saturated heterocycles. The number of amides is 1. The molecule has 35 heavy (non-hydrogen) atoms. The summed E-state index contributed by atoms with van der Waals surface area (Å²) in [4.78, 5) is 12.7. The number of carbonyl (C=O) groups excluding carboxylic acids is 1. The fourth-order valence-electron chi connectivity index (χ4n) is 4.10. The van der Waals surface area contributed by atoms with E-state index in [0.717, 1.165) is 24.0 Å². The van der Waals surface area contributed by atoms with E-state index < -0.39 is 0 Å². The number of nitrogens with one attached hydrogen (secondary N) is 1. The molecule has 0 saturated carbocycles. The Kier molecular flexibility index (Phi) is 7.99. The molecule has 0 radical (unpaired) electrons. The van der Waals surface area contributed by atoms with Crippen LogP contribution in [0, 0.1) is 0 Å². The average molecular weight is 477 g/mol. The van der Waals surface area contributed by atoms with Gasteiger partial charge in [-0.3, -0.25) is 4.79 Å².